The third-order valence-corrected chi connectivity index (χ3v) is 4.18. The molecule has 1 atom stereocenters. The first kappa shape index (κ1) is 13.5. The smallest absolute Gasteiger partial charge is 0.126 e. The standard InChI is InChI=1S/C15H23FN2/c1-11-9-12(7-8-14(11)16)15(10-17)18(2)13-5-3-4-6-13/h7-9,13,15H,3-6,10,17H2,1-2H3. The van der Waals surface area contributed by atoms with Crippen LogP contribution in [-0.2, 0) is 0 Å². The summed E-state index contributed by atoms with van der Waals surface area (Å²) in [6.07, 6.45) is 5.14. The molecule has 0 aliphatic heterocycles. The Morgan fingerprint density at radius 3 is 2.61 bits per heavy atom. The van der Waals surface area contributed by atoms with Gasteiger partial charge in [0.25, 0.3) is 0 Å². The molecule has 1 fully saturated rings. The van der Waals surface area contributed by atoms with Gasteiger partial charge in [0.15, 0.2) is 0 Å². The van der Waals surface area contributed by atoms with Crippen LogP contribution in [0.1, 0.15) is 42.9 Å². The van der Waals surface area contributed by atoms with Crippen LogP contribution in [0.2, 0.25) is 0 Å². The van der Waals surface area contributed by atoms with E-state index in [0.717, 1.165) is 5.56 Å². The van der Waals surface area contributed by atoms with Crippen molar-refractivity contribution >= 4 is 0 Å². The summed E-state index contributed by atoms with van der Waals surface area (Å²) in [4.78, 5) is 2.37. The van der Waals surface area contributed by atoms with Crippen molar-refractivity contribution in [2.24, 2.45) is 5.73 Å². The maximum Gasteiger partial charge on any atom is 0.126 e. The number of nitrogens with zero attached hydrogens (tertiary/aromatic N) is 1. The second-order valence-corrected chi connectivity index (χ2v) is 5.36. The second kappa shape index (κ2) is 5.81. The van der Waals surface area contributed by atoms with Gasteiger partial charge in [-0.05, 0) is 44.0 Å². The minimum Gasteiger partial charge on any atom is -0.329 e. The average molecular weight is 250 g/mol. The predicted molar refractivity (Wildman–Crippen MR) is 73.0 cm³/mol. The highest BCUT2D eigenvalue weighted by Crippen LogP contribution is 2.29. The van der Waals surface area contributed by atoms with Crippen LogP contribution in [0, 0.1) is 12.7 Å². The lowest BCUT2D eigenvalue weighted by Gasteiger charge is -2.32. The van der Waals surface area contributed by atoms with Gasteiger partial charge in [0, 0.05) is 18.6 Å². The van der Waals surface area contributed by atoms with Crippen molar-refractivity contribution in [1.82, 2.24) is 4.90 Å². The first-order chi connectivity index (χ1) is 8.63. The number of hydrogen-bond acceptors (Lipinski definition) is 2. The highest BCUT2D eigenvalue weighted by Gasteiger charge is 2.26. The summed E-state index contributed by atoms with van der Waals surface area (Å²) in [6, 6.07) is 6.18. The minimum atomic E-state index is -0.141. The average Bonchev–Trinajstić information content (AvgIpc) is 2.88. The van der Waals surface area contributed by atoms with Gasteiger partial charge >= 0.3 is 0 Å². The van der Waals surface area contributed by atoms with E-state index in [0.29, 0.717) is 18.2 Å². The van der Waals surface area contributed by atoms with Crippen molar-refractivity contribution in [2.75, 3.05) is 13.6 Å². The summed E-state index contributed by atoms with van der Waals surface area (Å²) in [5.74, 6) is -0.141. The summed E-state index contributed by atoms with van der Waals surface area (Å²) in [6.45, 7) is 2.39. The maximum atomic E-state index is 13.3. The van der Waals surface area contributed by atoms with Crippen LogP contribution in [0.3, 0.4) is 0 Å². The molecule has 0 heterocycles. The largest absolute Gasteiger partial charge is 0.329 e. The molecule has 0 aromatic heterocycles. The quantitative estimate of drug-likeness (QED) is 0.890. The fraction of sp³-hybridized carbons (Fsp3) is 0.600. The molecule has 2 N–H and O–H groups in total. The van der Waals surface area contributed by atoms with E-state index in [1.807, 2.05) is 19.1 Å². The first-order valence-corrected chi connectivity index (χ1v) is 6.81. The van der Waals surface area contributed by atoms with Gasteiger partial charge in [0.2, 0.25) is 0 Å². The topological polar surface area (TPSA) is 29.3 Å². The molecule has 2 nitrogen and oxygen atoms in total. The summed E-state index contributed by atoms with van der Waals surface area (Å²) >= 11 is 0. The lowest BCUT2D eigenvalue weighted by atomic mass is 10.0. The van der Waals surface area contributed by atoms with E-state index in [1.165, 1.54) is 25.7 Å². The number of likely N-dealkylation sites (N-methyl/N-ethyl adjacent to an activating group) is 1. The summed E-state index contributed by atoms with van der Waals surface area (Å²) < 4.78 is 13.3. The number of benzene rings is 1. The molecule has 0 spiro atoms. The molecular weight excluding hydrogens is 227 g/mol. The van der Waals surface area contributed by atoms with Crippen LogP contribution >= 0.6 is 0 Å². The van der Waals surface area contributed by atoms with Crippen LogP contribution in [0.4, 0.5) is 4.39 Å². The number of rotatable bonds is 4. The van der Waals surface area contributed by atoms with Gasteiger partial charge in [-0.25, -0.2) is 4.39 Å². The Morgan fingerprint density at radius 1 is 1.39 bits per heavy atom. The second-order valence-electron chi connectivity index (χ2n) is 5.36. The fourth-order valence-electron chi connectivity index (χ4n) is 2.98. The third kappa shape index (κ3) is 2.73. The number of aryl methyl sites for hydroxylation is 1. The van der Waals surface area contributed by atoms with Gasteiger partial charge in [0.05, 0.1) is 0 Å². The van der Waals surface area contributed by atoms with Gasteiger partial charge in [-0.3, -0.25) is 4.90 Å². The van der Waals surface area contributed by atoms with Crippen LogP contribution in [0.5, 0.6) is 0 Å². The van der Waals surface area contributed by atoms with Crippen molar-refractivity contribution in [2.45, 2.75) is 44.7 Å². The molecule has 0 saturated heterocycles. The Kier molecular flexibility index (Phi) is 4.36. The molecule has 0 bridgehead atoms. The van der Waals surface area contributed by atoms with Crippen molar-refractivity contribution in [3.05, 3.63) is 35.1 Å². The van der Waals surface area contributed by atoms with E-state index in [-0.39, 0.29) is 11.9 Å². The zero-order valence-electron chi connectivity index (χ0n) is 11.3. The Morgan fingerprint density at radius 2 is 2.06 bits per heavy atom. The van der Waals surface area contributed by atoms with Gasteiger partial charge in [-0.15, -0.1) is 0 Å². The molecule has 18 heavy (non-hydrogen) atoms. The SMILES string of the molecule is Cc1cc(C(CN)N(C)C2CCCC2)ccc1F. The maximum absolute atomic E-state index is 13.3. The van der Waals surface area contributed by atoms with Crippen LogP contribution in [0.25, 0.3) is 0 Å². The molecule has 100 valence electrons. The normalized spacial score (nSPS) is 18.5. The predicted octanol–water partition coefficient (Wildman–Crippen LogP) is 3.01. The van der Waals surface area contributed by atoms with Crippen molar-refractivity contribution in [1.29, 1.82) is 0 Å². The molecule has 3 heteroatoms. The van der Waals surface area contributed by atoms with Gasteiger partial charge in [-0.1, -0.05) is 25.0 Å². The summed E-state index contributed by atoms with van der Waals surface area (Å²) in [5, 5.41) is 0. The molecule has 2 rings (SSSR count). The molecule has 1 aliphatic rings. The number of hydrogen-bond donors (Lipinski definition) is 1. The van der Waals surface area contributed by atoms with Crippen LogP contribution in [-0.4, -0.2) is 24.5 Å². The summed E-state index contributed by atoms with van der Waals surface area (Å²) in [5.41, 5.74) is 7.76. The van der Waals surface area contributed by atoms with E-state index < -0.39 is 0 Å². The van der Waals surface area contributed by atoms with E-state index in [1.54, 1.807) is 6.07 Å². The fourth-order valence-corrected chi connectivity index (χ4v) is 2.98. The molecule has 1 aliphatic carbocycles. The lowest BCUT2D eigenvalue weighted by molar-refractivity contribution is 0.179. The Labute approximate surface area is 109 Å². The highest BCUT2D eigenvalue weighted by atomic mass is 19.1. The lowest BCUT2D eigenvalue weighted by Crippen LogP contribution is -2.37. The third-order valence-electron chi connectivity index (χ3n) is 4.18. The van der Waals surface area contributed by atoms with Gasteiger partial charge in [-0.2, -0.15) is 0 Å². The Hall–Kier alpha value is -0.930. The Bertz CT molecular complexity index is 399. The minimum absolute atomic E-state index is 0.141. The summed E-state index contributed by atoms with van der Waals surface area (Å²) in [7, 11) is 2.15. The number of nitrogens with two attached hydrogens (primary N) is 1. The molecule has 1 aromatic rings. The molecule has 1 unspecified atom stereocenters. The zero-order chi connectivity index (χ0) is 13.1. The van der Waals surface area contributed by atoms with Gasteiger partial charge in [0.1, 0.15) is 5.82 Å². The zero-order valence-corrected chi connectivity index (χ0v) is 11.3. The van der Waals surface area contributed by atoms with Crippen molar-refractivity contribution in [3.8, 4) is 0 Å². The van der Waals surface area contributed by atoms with Crippen molar-refractivity contribution in [3.63, 3.8) is 0 Å². The van der Waals surface area contributed by atoms with Gasteiger partial charge < -0.3 is 5.73 Å². The van der Waals surface area contributed by atoms with E-state index in [4.69, 9.17) is 5.73 Å². The van der Waals surface area contributed by atoms with E-state index in [2.05, 4.69) is 11.9 Å². The molecule has 0 radical (unpaired) electrons. The van der Waals surface area contributed by atoms with Crippen molar-refractivity contribution < 1.29 is 4.39 Å². The highest BCUT2D eigenvalue weighted by molar-refractivity contribution is 5.27. The molecule has 0 amide bonds. The van der Waals surface area contributed by atoms with Crippen LogP contribution in [0.15, 0.2) is 18.2 Å². The van der Waals surface area contributed by atoms with E-state index >= 15 is 0 Å². The molecule has 1 saturated carbocycles. The monoisotopic (exact) mass is 250 g/mol. The van der Waals surface area contributed by atoms with Crippen LogP contribution < -0.4 is 5.73 Å². The molecule has 1 aromatic carbocycles. The Balaban J connectivity index is 2.18. The van der Waals surface area contributed by atoms with E-state index in [9.17, 15) is 4.39 Å². The molecular formula is C15H23FN2. The number of halogens is 1. The first-order valence-electron chi connectivity index (χ1n) is 6.81.